The van der Waals surface area contributed by atoms with Gasteiger partial charge in [-0.15, -0.1) is 0 Å². The number of amides is 1. The number of hydrogen-bond acceptors (Lipinski definition) is 5. The van der Waals surface area contributed by atoms with Gasteiger partial charge in [0.05, 0.1) is 25.2 Å². The molecule has 6 heteroatoms. The van der Waals surface area contributed by atoms with E-state index >= 15 is 0 Å². The predicted octanol–water partition coefficient (Wildman–Crippen LogP) is 14.4. The summed E-state index contributed by atoms with van der Waals surface area (Å²) in [5.41, 5.74) is 0. The van der Waals surface area contributed by atoms with Crippen molar-refractivity contribution in [2.45, 2.75) is 232 Å². The lowest BCUT2D eigenvalue weighted by Gasteiger charge is -2.24. The van der Waals surface area contributed by atoms with Gasteiger partial charge >= 0.3 is 5.97 Å². The quantitative estimate of drug-likeness (QED) is 0.0324. The number of aliphatic hydroxyl groups excluding tert-OH is 2. The summed E-state index contributed by atoms with van der Waals surface area (Å²) in [5.74, 6) is -0.544. The lowest BCUT2D eigenvalue weighted by atomic mass is 10.0. The SMILES string of the molecule is CC/C=C/C=C/C=C\CCCCCCCC(=O)OC(CCCCC\C=C/C=C/C=C/C=C/CC)CC(=O)NC(CO)C(O)CCCCCCCCCCCCCCCC. The lowest BCUT2D eigenvalue weighted by molar-refractivity contribution is -0.151. The minimum Gasteiger partial charge on any atom is -0.462 e. The maximum Gasteiger partial charge on any atom is 0.306 e. The third kappa shape index (κ3) is 41.6. The van der Waals surface area contributed by atoms with Crippen molar-refractivity contribution in [1.29, 1.82) is 0 Å². The minimum absolute atomic E-state index is 0.0388. The molecule has 59 heavy (non-hydrogen) atoms. The van der Waals surface area contributed by atoms with E-state index in [1.165, 1.54) is 70.6 Å². The van der Waals surface area contributed by atoms with Crippen molar-refractivity contribution in [3.8, 4) is 0 Å². The topological polar surface area (TPSA) is 95.9 Å². The van der Waals surface area contributed by atoms with Crippen LogP contribution in [-0.4, -0.2) is 46.9 Å². The van der Waals surface area contributed by atoms with Crippen LogP contribution in [0.2, 0.25) is 0 Å². The fraction of sp³-hybridized carbons (Fsp3) is 0.698. The van der Waals surface area contributed by atoms with Crippen molar-refractivity contribution < 1.29 is 24.5 Å². The Kier molecular flexibility index (Phi) is 43.8. The van der Waals surface area contributed by atoms with E-state index in [-0.39, 0.29) is 24.9 Å². The van der Waals surface area contributed by atoms with Crippen LogP contribution in [0.4, 0.5) is 0 Å². The van der Waals surface area contributed by atoms with Gasteiger partial charge < -0.3 is 20.3 Å². The molecular weight excluding hydrogens is 731 g/mol. The molecule has 0 saturated carbocycles. The highest BCUT2D eigenvalue weighted by molar-refractivity contribution is 5.77. The molecule has 0 saturated heterocycles. The summed E-state index contributed by atoms with van der Waals surface area (Å²) >= 11 is 0. The molecule has 0 spiro atoms. The van der Waals surface area contributed by atoms with E-state index in [0.717, 1.165) is 96.3 Å². The molecule has 0 aliphatic carbocycles. The highest BCUT2D eigenvalue weighted by Gasteiger charge is 2.24. The van der Waals surface area contributed by atoms with E-state index in [9.17, 15) is 19.8 Å². The Balaban J connectivity index is 4.67. The Morgan fingerprint density at radius 3 is 1.41 bits per heavy atom. The van der Waals surface area contributed by atoms with E-state index in [1.807, 2.05) is 30.4 Å². The van der Waals surface area contributed by atoms with Crippen LogP contribution in [0.3, 0.4) is 0 Å². The largest absolute Gasteiger partial charge is 0.462 e. The summed E-state index contributed by atoms with van der Waals surface area (Å²) in [6, 6.07) is -0.722. The zero-order valence-corrected chi connectivity index (χ0v) is 38.4. The lowest BCUT2D eigenvalue weighted by Crippen LogP contribution is -2.46. The molecule has 0 fully saturated rings. The van der Waals surface area contributed by atoms with Crippen molar-refractivity contribution in [3.63, 3.8) is 0 Å². The molecular formula is C53H91NO5. The van der Waals surface area contributed by atoms with Crippen molar-refractivity contribution in [2.75, 3.05) is 6.61 Å². The first kappa shape index (κ1) is 56.0. The summed E-state index contributed by atoms with van der Waals surface area (Å²) in [4.78, 5) is 26.1. The van der Waals surface area contributed by atoms with Gasteiger partial charge in [-0.1, -0.05) is 221 Å². The van der Waals surface area contributed by atoms with Crippen molar-refractivity contribution in [3.05, 3.63) is 85.1 Å². The molecule has 0 aliphatic heterocycles. The van der Waals surface area contributed by atoms with Crippen LogP contribution in [0.15, 0.2) is 85.1 Å². The molecule has 0 rings (SSSR count). The van der Waals surface area contributed by atoms with Crippen LogP contribution in [0.25, 0.3) is 0 Å². The molecule has 3 unspecified atom stereocenters. The fourth-order valence-corrected chi connectivity index (χ4v) is 6.97. The minimum atomic E-state index is -0.806. The van der Waals surface area contributed by atoms with Gasteiger partial charge in [0, 0.05) is 6.42 Å². The van der Waals surface area contributed by atoms with Gasteiger partial charge in [0.1, 0.15) is 6.10 Å². The molecule has 0 aromatic carbocycles. The summed E-state index contributed by atoms with van der Waals surface area (Å²) in [6.45, 7) is 6.18. The van der Waals surface area contributed by atoms with Crippen LogP contribution < -0.4 is 5.32 Å². The molecule has 0 heterocycles. The molecule has 0 bridgehead atoms. The van der Waals surface area contributed by atoms with Gasteiger partial charge in [0.15, 0.2) is 0 Å². The summed E-state index contributed by atoms with van der Waals surface area (Å²) in [5, 5.41) is 23.7. The standard InChI is InChI=1S/C53H91NO5/c1-4-7-10-13-16-19-22-25-28-30-33-36-39-42-45-51(56)50(48-55)54-52(57)47-49(44-41-38-35-32-29-26-23-20-17-14-11-8-5-2)59-53(58)46-43-40-37-34-31-27-24-21-18-15-12-9-6-3/h8-9,11-12,14-15,17-18,20-21,23-24,26,29,49-51,55-56H,4-7,10,13,16,19,22,25,27-28,30-48H2,1-3H3,(H,54,57)/b11-8+,12-9+,17-14+,18-15+,23-20+,24-21-,29-26-. The van der Waals surface area contributed by atoms with E-state index in [4.69, 9.17) is 4.74 Å². The van der Waals surface area contributed by atoms with Gasteiger partial charge in [0.2, 0.25) is 5.91 Å². The molecule has 3 N–H and O–H groups in total. The Morgan fingerprint density at radius 1 is 0.508 bits per heavy atom. The molecule has 6 nitrogen and oxygen atoms in total. The number of ether oxygens (including phenoxy) is 1. The Morgan fingerprint density at radius 2 is 0.915 bits per heavy atom. The molecule has 1 amide bonds. The second kappa shape index (κ2) is 46.1. The van der Waals surface area contributed by atoms with Gasteiger partial charge in [-0.2, -0.15) is 0 Å². The first-order valence-corrected chi connectivity index (χ1v) is 24.4. The normalized spacial score (nSPS) is 14.1. The van der Waals surface area contributed by atoms with Gasteiger partial charge in [-0.25, -0.2) is 0 Å². The Bertz CT molecular complexity index is 1150. The van der Waals surface area contributed by atoms with Crippen LogP contribution in [0.1, 0.15) is 213 Å². The number of carbonyl (C=O) groups excluding carboxylic acids is 2. The number of unbranched alkanes of at least 4 members (excludes halogenated alkanes) is 21. The maximum atomic E-state index is 13.2. The van der Waals surface area contributed by atoms with Crippen molar-refractivity contribution in [2.24, 2.45) is 0 Å². The van der Waals surface area contributed by atoms with E-state index in [2.05, 4.69) is 80.8 Å². The third-order valence-corrected chi connectivity index (χ3v) is 10.6. The number of rotatable bonds is 42. The molecule has 3 atom stereocenters. The Labute approximate surface area is 363 Å². The second-order valence-corrected chi connectivity index (χ2v) is 16.3. The highest BCUT2D eigenvalue weighted by atomic mass is 16.5. The van der Waals surface area contributed by atoms with E-state index < -0.39 is 18.2 Å². The van der Waals surface area contributed by atoms with Crippen LogP contribution in [0.5, 0.6) is 0 Å². The van der Waals surface area contributed by atoms with Crippen LogP contribution in [-0.2, 0) is 14.3 Å². The summed E-state index contributed by atoms with van der Waals surface area (Å²) in [6.07, 6.45) is 59.2. The van der Waals surface area contributed by atoms with E-state index in [1.54, 1.807) is 0 Å². The number of carbonyl (C=O) groups is 2. The van der Waals surface area contributed by atoms with Crippen molar-refractivity contribution in [1.82, 2.24) is 5.32 Å². The fourth-order valence-electron chi connectivity index (χ4n) is 6.97. The summed E-state index contributed by atoms with van der Waals surface area (Å²) < 4.78 is 5.89. The second-order valence-electron chi connectivity index (χ2n) is 16.3. The number of esters is 1. The average molecular weight is 822 g/mol. The zero-order chi connectivity index (χ0) is 43.1. The third-order valence-electron chi connectivity index (χ3n) is 10.6. The van der Waals surface area contributed by atoms with Crippen molar-refractivity contribution >= 4 is 11.9 Å². The van der Waals surface area contributed by atoms with E-state index in [0.29, 0.717) is 19.3 Å². The van der Waals surface area contributed by atoms with Crippen LogP contribution >= 0.6 is 0 Å². The van der Waals surface area contributed by atoms with Gasteiger partial charge in [-0.3, -0.25) is 9.59 Å². The Hall–Kier alpha value is -2.96. The monoisotopic (exact) mass is 822 g/mol. The number of nitrogens with one attached hydrogen (secondary N) is 1. The number of aliphatic hydroxyl groups is 2. The molecule has 338 valence electrons. The first-order valence-electron chi connectivity index (χ1n) is 24.4. The molecule has 0 aromatic heterocycles. The molecule has 0 radical (unpaired) electrons. The molecule has 0 aromatic rings. The number of hydrogen-bond donors (Lipinski definition) is 3. The predicted molar refractivity (Wildman–Crippen MR) is 254 cm³/mol. The first-order chi connectivity index (χ1) is 29.0. The average Bonchev–Trinajstić information content (AvgIpc) is 3.23. The highest BCUT2D eigenvalue weighted by Crippen LogP contribution is 2.17. The number of allylic oxidation sites excluding steroid dienone is 14. The zero-order valence-electron chi connectivity index (χ0n) is 38.4. The summed E-state index contributed by atoms with van der Waals surface area (Å²) in [7, 11) is 0. The van der Waals surface area contributed by atoms with Gasteiger partial charge in [-0.05, 0) is 64.2 Å². The molecule has 0 aliphatic rings. The van der Waals surface area contributed by atoms with Gasteiger partial charge in [0.25, 0.3) is 0 Å². The maximum absolute atomic E-state index is 13.2. The van der Waals surface area contributed by atoms with Crippen LogP contribution in [0, 0.1) is 0 Å². The smallest absolute Gasteiger partial charge is 0.306 e.